The van der Waals surface area contributed by atoms with E-state index < -0.39 is 31.0 Å². The molecule has 1 aromatic rings. The molecule has 10 heteroatoms. The minimum Gasteiger partial charge on any atom is -0.509 e. The molecule has 0 unspecified atom stereocenters. The Labute approximate surface area is 194 Å². The Kier molecular flexibility index (Phi) is 6.47. The van der Waals surface area contributed by atoms with E-state index >= 15 is 0 Å². The summed E-state index contributed by atoms with van der Waals surface area (Å²) < 4.78 is 11.7. The minimum absolute atomic E-state index is 0.0117. The first-order valence-electron chi connectivity index (χ1n) is 11.0. The molecule has 9 nitrogen and oxygen atoms in total. The summed E-state index contributed by atoms with van der Waals surface area (Å²) in [7, 11) is -2.11. The number of aliphatic hydroxyl groups is 1. The zero-order valence-electron chi connectivity index (χ0n) is 20.1. The zero-order valence-corrected chi connectivity index (χ0v) is 21.1. The van der Waals surface area contributed by atoms with Crippen molar-refractivity contribution >= 4 is 25.9 Å². The molecule has 1 saturated heterocycles. The van der Waals surface area contributed by atoms with Crippen LogP contribution in [-0.4, -0.2) is 47.3 Å². The number of ether oxygens (including phenoxy) is 1. The Bertz CT molecular complexity index is 997. The molecule has 33 heavy (non-hydrogen) atoms. The molecule has 2 heterocycles. The van der Waals surface area contributed by atoms with Crippen LogP contribution in [0, 0.1) is 22.0 Å². The fourth-order valence-electron chi connectivity index (χ4n) is 4.15. The highest BCUT2D eigenvalue weighted by atomic mass is 28.4. The van der Waals surface area contributed by atoms with Gasteiger partial charge in [0.25, 0.3) is 5.69 Å². The van der Waals surface area contributed by atoms with Crippen molar-refractivity contribution in [3.63, 3.8) is 0 Å². The number of hydrogen-bond acceptors (Lipinski definition) is 7. The van der Waals surface area contributed by atoms with Crippen molar-refractivity contribution in [3.8, 4) is 0 Å². The van der Waals surface area contributed by atoms with E-state index in [0.717, 1.165) is 0 Å². The molecule has 1 N–H and O–H groups in total. The average Bonchev–Trinajstić information content (AvgIpc) is 2.93. The van der Waals surface area contributed by atoms with Gasteiger partial charge in [0.2, 0.25) is 5.91 Å². The maximum atomic E-state index is 13.0. The number of fused-ring (bicyclic) bond motifs is 1. The van der Waals surface area contributed by atoms with E-state index in [0.29, 0.717) is 5.56 Å². The monoisotopic (exact) mass is 476 g/mol. The second-order valence-electron chi connectivity index (χ2n) is 10.3. The third-order valence-electron chi connectivity index (χ3n) is 7.12. The van der Waals surface area contributed by atoms with Crippen molar-refractivity contribution < 1.29 is 28.8 Å². The van der Waals surface area contributed by atoms with Gasteiger partial charge in [0.1, 0.15) is 12.4 Å². The first-order chi connectivity index (χ1) is 15.2. The SMILES string of the molecule is C[C@@H](O[Si](C)(C)C(C)(C)C)[C@H]1C(=O)N2C(C(=O)OCc3ccc([N+](=O)[O-])cc3)=C(O)[C@H](C)[C@H]12. The van der Waals surface area contributed by atoms with E-state index in [9.17, 15) is 24.8 Å². The van der Waals surface area contributed by atoms with Gasteiger partial charge in [0.15, 0.2) is 14.0 Å². The van der Waals surface area contributed by atoms with Gasteiger partial charge >= 0.3 is 5.97 Å². The number of amides is 1. The fourth-order valence-corrected chi connectivity index (χ4v) is 5.58. The van der Waals surface area contributed by atoms with E-state index in [1.807, 2.05) is 6.92 Å². The number of β-lactam (4-membered cyclic amide) rings is 1. The standard InChI is InChI=1S/C23H32N2O7Si/c1-13-18-17(14(2)32-33(6,7)23(3,4)5)21(27)24(18)19(20(13)26)22(28)31-12-15-8-10-16(11-9-15)25(29)30/h8-11,13-14,17-18,26H,12H2,1-7H3/t13-,14-,17-,18-/m1/s1. The molecular formula is C23H32N2O7Si. The van der Waals surface area contributed by atoms with Crippen LogP contribution < -0.4 is 0 Å². The molecule has 0 radical (unpaired) electrons. The van der Waals surface area contributed by atoms with Gasteiger partial charge < -0.3 is 14.3 Å². The Morgan fingerprint density at radius 1 is 1.27 bits per heavy atom. The van der Waals surface area contributed by atoms with Crippen molar-refractivity contribution in [2.24, 2.45) is 11.8 Å². The largest absolute Gasteiger partial charge is 0.509 e. The number of aliphatic hydroxyl groups excluding tert-OH is 1. The molecule has 1 amide bonds. The smallest absolute Gasteiger partial charge is 0.358 e. The van der Waals surface area contributed by atoms with Crippen molar-refractivity contribution in [1.29, 1.82) is 0 Å². The number of esters is 1. The number of nitrogens with zero attached hydrogens (tertiary/aromatic N) is 2. The van der Waals surface area contributed by atoms with Gasteiger partial charge in [-0.2, -0.15) is 0 Å². The maximum absolute atomic E-state index is 13.0. The van der Waals surface area contributed by atoms with Crippen LogP contribution in [0.2, 0.25) is 18.1 Å². The Morgan fingerprint density at radius 3 is 2.36 bits per heavy atom. The van der Waals surface area contributed by atoms with Crippen LogP contribution in [0.1, 0.15) is 40.2 Å². The molecule has 0 aromatic heterocycles. The summed E-state index contributed by atoms with van der Waals surface area (Å²) in [4.78, 5) is 37.4. The number of carbonyl (C=O) groups is 2. The third kappa shape index (κ3) is 4.41. The van der Waals surface area contributed by atoms with Crippen LogP contribution in [0.3, 0.4) is 0 Å². The van der Waals surface area contributed by atoms with Gasteiger partial charge in [-0.05, 0) is 42.8 Å². The van der Waals surface area contributed by atoms with Crippen molar-refractivity contribution in [1.82, 2.24) is 4.90 Å². The predicted octanol–water partition coefficient (Wildman–Crippen LogP) is 4.29. The Hall–Kier alpha value is -2.72. The zero-order chi connectivity index (χ0) is 24.9. The number of nitro groups is 1. The highest BCUT2D eigenvalue weighted by molar-refractivity contribution is 6.74. The van der Waals surface area contributed by atoms with Gasteiger partial charge in [-0.3, -0.25) is 19.8 Å². The average molecular weight is 477 g/mol. The lowest BCUT2D eigenvalue weighted by Gasteiger charge is -2.49. The van der Waals surface area contributed by atoms with Crippen LogP contribution in [0.25, 0.3) is 0 Å². The van der Waals surface area contributed by atoms with Gasteiger partial charge in [-0.1, -0.05) is 27.7 Å². The van der Waals surface area contributed by atoms with Crippen molar-refractivity contribution in [3.05, 3.63) is 51.4 Å². The van der Waals surface area contributed by atoms with Crippen molar-refractivity contribution in [2.45, 2.75) is 71.5 Å². The van der Waals surface area contributed by atoms with E-state index in [4.69, 9.17) is 9.16 Å². The molecule has 2 aliphatic heterocycles. The summed E-state index contributed by atoms with van der Waals surface area (Å²) in [5, 5.41) is 21.4. The molecular weight excluding hydrogens is 444 g/mol. The number of non-ortho nitro benzene ring substituents is 1. The molecule has 2 aliphatic rings. The highest BCUT2D eigenvalue weighted by Crippen LogP contribution is 2.48. The van der Waals surface area contributed by atoms with Crippen LogP contribution in [0.15, 0.2) is 35.7 Å². The lowest BCUT2D eigenvalue weighted by atomic mass is 9.79. The molecule has 1 aromatic carbocycles. The lowest BCUT2D eigenvalue weighted by molar-refractivity contribution is -0.384. The maximum Gasteiger partial charge on any atom is 0.358 e. The molecule has 0 bridgehead atoms. The summed E-state index contributed by atoms with van der Waals surface area (Å²) in [6.07, 6.45) is -0.342. The molecule has 0 aliphatic carbocycles. The van der Waals surface area contributed by atoms with Crippen molar-refractivity contribution in [2.75, 3.05) is 0 Å². The second kappa shape index (κ2) is 8.57. The number of hydrogen-bond donors (Lipinski definition) is 1. The summed E-state index contributed by atoms with van der Waals surface area (Å²) in [5.74, 6) is -2.09. The van der Waals surface area contributed by atoms with Crippen LogP contribution in [0.4, 0.5) is 5.69 Å². The summed E-state index contributed by atoms with van der Waals surface area (Å²) in [5.41, 5.74) is 0.361. The van der Waals surface area contributed by atoms with Gasteiger partial charge in [-0.15, -0.1) is 0 Å². The summed E-state index contributed by atoms with van der Waals surface area (Å²) in [6, 6.07) is 5.26. The van der Waals surface area contributed by atoms with Crippen LogP contribution in [-0.2, 0) is 25.4 Å². The van der Waals surface area contributed by atoms with E-state index in [2.05, 4.69) is 33.9 Å². The molecule has 4 atom stereocenters. The van der Waals surface area contributed by atoms with Crippen LogP contribution in [0.5, 0.6) is 0 Å². The third-order valence-corrected chi connectivity index (χ3v) is 11.7. The predicted molar refractivity (Wildman–Crippen MR) is 124 cm³/mol. The fraction of sp³-hybridized carbons (Fsp3) is 0.565. The number of rotatable bonds is 7. The second-order valence-corrected chi connectivity index (χ2v) is 15.1. The summed E-state index contributed by atoms with van der Waals surface area (Å²) >= 11 is 0. The molecule has 3 rings (SSSR count). The normalized spacial score (nSPS) is 23.8. The number of carbonyl (C=O) groups excluding carboxylic acids is 2. The topological polar surface area (TPSA) is 119 Å². The Balaban J connectivity index is 1.69. The molecule has 0 saturated carbocycles. The van der Waals surface area contributed by atoms with E-state index in [-0.39, 0.29) is 46.8 Å². The first kappa shape index (κ1) is 24.9. The number of nitro benzene ring substituents is 1. The van der Waals surface area contributed by atoms with Gasteiger partial charge in [-0.25, -0.2) is 4.79 Å². The first-order valence-corrected chi connectivity index (χ1v) is 13.9. The molecule has 0 spiro atoms. The Morgan fingerprint density at radius 2 is 1.85 bits per heavy atom. The highest BCUT2D eigenvalue weighted by Gasteiger charge is 2.61. The quantitative estimate of drug-likeness (QED) is 0.205. The number of benzene rings is 1. The summed E-state index contributed by atoms with van der Waals surface area (Å²) in [6.45, 7) is 14.2. The van der Waals surface area contributed by atoms with Gasteiger partial charge in [0.05, 0.1) is 23.0 Å². The van der Waals surface area contributed by atoms with Gasteiger partial charge in [0, 0.05) is 18.1 Å². The minimum atomic E-state index is -2.11. The van der Waals surface area contributed by atoms with E-state index in [1.54, 1.807) is 6.92 Å². The molecule has 1 fully saturated rings. The lowest BCUT2D eigenvalue weighted by Crippen LogP contribution is -2.65. The van der Waals surface area contributed by atoms with Crippen LogP contribution >= 0.6 is 0 Å². The van der Waals surface area contributed by atoms with E-state index in [1.165, 1.54) is 29.2 Å². The molecule has 180 valence electrons.